The van der Waals surface area contributed by atoms with Crippen LogP contribution in [-0.4, -0.2) is 19.0 Å². The predicted octanol–water partition coefficient (Wildman–Crippen LogP) is 1.91. The Balaban J connectivity index is 3.54. The predicted molar refractivity (Wildman–Crippen MR) is 64.5 cm³/mol. The van der Waals surface area contributed by atoms with E-state index in [-0.39, 0.29) is 11.8 Å². The quantitative estimate of drug-likeness (QED) is 0.606. The van der Waals surface area contributed by atoms with Crippen LogP contribution in [0.2, 0.25) is 0 Å². The Labute approximate surface area is 93.8 Å². The fourth-order valence-corrected chi connectivity index (χ4v) is 1.58. The van der Waals surface area contributed by atoms with Gasteiger partial charge in [-0.15, -0.1) is 0 Å². The van der Waals surface area contributed by atoms with E-state index in [0.717, 1.165) is 38.8 Å². The van der Waals surface area contributed by atoms with Gasteiger partial charge in [0.1, 0.15) is 0 Å². The van der Waals surface area contributed by atoms with Crippen LogP contribution in [-0.2, 0) is 4.79 Å². The van der Waals surface area contributed by atoms with Crippen LogP contribution in [0.4, 0.5) is 0 Å². The lowest BCUT2D eigenvalue weighted by molar-refractivity contribution is -0.125. The molecule has 0 radical (unpaired) electrons. The number of carbonyl (C=O) groups is 1. The van der Waals surface area contributed by atoms with Crippen LogP contribution in [0, 0.1) is 11.8 Å². The highest BCUT2D eigenvalue weighted by atomic mass is 16.1. The van der Waals surface area contributed by atoms with Gasteiger partial charge in [-0.1, -0.05) is 20.8 Å². The third kappa shape index (κ3) is 6.50. The second-order valence-corrected chi connectivity index (χ2v) is 4.29. The zero-order chi connectivity index (χ0) is 11.7. The summed E-state index contributed by atoms with van der Waals surface area (Å²) in [7, 11) is 0. The topological polar surface area (TPSA) is 55.1 Å². The van der Waals surface area contributed by atoms with E-state index in [1.165, 1.54) is 0 Å². The molecule has 1 amide bonds. The summed E-state index contributed by atoms with van der Waals surface area (Å²) in [5, 5.41) is 2.98. The van der Waals surface area contributed by atoms with Crippen LogP contribution in [0.1, 0.15) is 46.5 Å². The van der Waals surface area contributed by atoms with Crippen molar-refractivity contribution in [3.05, 3.63) is 0 Å². The van der Waals surface area contributed by atoms with E-state index in [9.17, 15) is 4.79 Å². The van der Waals surface area contributed by atoms with Gasteiger partial charge in [-0.2, -0.15) is 0 Å². The average molecular weight is 214 g/mol. The highest BCUT2D eigenvalue weighted by molar-refractivity contribution is 5.78. The van der Waals surface area contributed by atoms with Gasteiger partial charge in [0.2, 0.25) is 5.91 Å². The molecule has 0 aromatic heterocycles. The van der Waals surface area contributed by atoms with E-state index < -0.39 is 0 Å². The summed E-state index contributed by atoms with van der Waals surface area (Å²) in [5.74, 6) is 0.965. The van der Waals surface area contributed by atoms with Gasteiger partial charge in [0, 0.05) is 12.5 Å². The highest BCUT2D eigenvalue weighted by Crippen LogP contribution is 2.07. The molecule has 0 aliphatic heterocycles. The fraction of sp³-hybridized carbons (Fsp3) is 0.917. The lowest BCUT2D eigenvalue weighted by atomic mass is 10.0. The first-order valence-electron chi connectivity index (χ1n) is 6.13. The second kappa shape index (κ2) is 8.72. The summed E-state index contributed by atoms with van der Waals surface area (Å²) in [6.07, 6.45) is 3.99. The first-order valence-corrected chi connectivity index (χ1v) is 6.13. The Hall–Kier alpha value is -0.570. The number of hydrogen-bond donors (Lipinski definition) is 2. The van der Waals surface area contributed by atoms with Gasteiger partial charge in [0.15, 0.2) is 0 Å². The van der Waals surface area contributed by atoms with Crippen LogP contribution in [0.3, 0.4) is 0 Å². The smallest absolute Gasteiger partial charge is 0.223 e. The van der Waals surface area contributed by atoms with Gasteiger partial charge in [-0.05, 0) is 38.1 Å². The van der Waals surface area contributed by atoms with Crippen molar-refractivity contribution in [3.8, 4) is 0 Å². The van der Waals surface area contributed by atoms with Gasteiger partial charge in [-0.3, -0.25) is 4.79 Å². The largest absolute Gasteiger partial charge is 0.356 e. The number of nitrogens with one attached hydrogen (secondary N) is 1. The third-order valence-electron chi connectivity index (χ3n) is 2.93. The Kier molecular flexibility index (Phi) is 8.38. The zero-order valence-electron chi connectivity index (χ0n) is 10.4. The SMILES string of the molecule is CCC(CC)C(=O)NCCCC(C)CN. The summed E-state index contributed by atoms with van der Waals surface area (Å²) in [4.78, 5) is 11.6. The van der Waals surface area contributed by atoms with Crippen LogP contribution >= 0.6 is 0 Å². The number of nitrogens with two attached hydrogens (primary N) is 1. The van der Waals surface area contributed by atoms with Gasteiger partial charge in [-0.25, -0.2) is 0 Å². The molecule has 0 rings (SSSR count). The Morgan fingerprint density at radius 1 is 1.33 bits per heavy atom. The minimum absolute atomic E-state index is 0.192. The van der Waals surface area contributed by atoms with Crippen LogP contribution < -0.4 is 11.1 Å². The molecule has 0 saturated carbocycles. The number of rotatable bonds is 8. The van der Waals surface area contributed by atoms with Crippen LogP contribution in [0.25, 0.3) is 0 Å². The molecule has 15 heavy (non-hydrogen) atoms. The molecule has 0 aromatic rings. The van der Waals surface area contributed by atoms with Crippen molar-refractivity contribution < 1.29 is 4.79 Å². The molecule has 0 fully saturated rings. The molecule has 0 heterocycles. The summed E-state index contributed by atoms with van der Waals surface area (Å²) < 4.78 is 0. The van der Waals surface area contributed by atoms with Crippen molar-refractivity contribution in [2.24, 2.45) is 17.6 Å². The molecule has 0 saturated heterocycles. The molecular weight excluding hydrogens is 188 g/mol. The summed E-state index contributed by atoms with van der Waals surface area (Å²) >= 11 is 0. The molecule has 0 aliphatic rings. The second-order valence-electron chi connectivity index (χ2n) is 4.29. The van der Waals surface area contributed by atoms with E-state index in [4.69, 9.17) is 5.73 Å². The van der Waals surface area contributed by atoms with Gasteiger partial charge in [0.05, 0.1) is 0 Å². The lowest BCUT2D eigenvalue weighted by Crippen LogP contribution is -2.31. The maximum Gasteiger partial charge on any atom is 0.223 e. The molecule has 0 spiro atoms. The molecule has 1 unspecified atom stereocenters. The van der Waals surface area contributed by atoms with Crippen molar-refractivity contribution in [2.45, 2.75) is 46.5 Å². The molecule has 3 N–H and O–H groups in total. The van der Waals surface area contributed by atoms with Gasteiger partial charge in [0.25, 0.3) is 0 Å². The van der Waals surface area contributed by atoms with E-state index in [0.29, 0.717) is 5.92 Å². The van der Waals surface area contributed by atoms with Gasteiger partial charge >= 0.3 is 0 Å². The van der Waals surface area contributed by atoms with E-state index >= 15 is 0 Å². The van der Waals surface area contributed by atoms with E-state index in [1.807, 2.05) is 0 Å². The molecule has 1 atom stereocenters. The summed E-state index contributed by atoms with van der Waals surface area (Å²) in [5.41, 5.74) is 5.52. The summed E-state index contributed by atoms with van der Waals surface area (Å²) in [6.45, 7) is 7.79. The van der Waals surface area contributed by atoms with Crippen molar-refractivity contribution in [2.75, 3.05) is 13.1 Å². The minimum Gasteiger partial charge on any atom is -0.356 e. The molecule has 0 aromatic carbocycles. The van der Waals surface area contributed by atoms with Crippen LogP contribution in [0.15, 0.2) is 0 Å². The maximum absolute atomic E-state index is 11.6. The lowest BCUT2D eigenvalue weighted by Gasteiger charge is -2.13. The number of hydrogen-bond acceptors (Lipinski definition) is 2. The Bertz CT molecular complexity index is 167. The molecule has 3 heteroatoms. The van der Waals surface area contributed by atoms with E-state index in [2.05, 4.69) is 26.1 Å². The monoisotopic (exact) mass is 214 g/mol. The van der Waals surface area contributed by atoms with Crippen molar-refractivity contribution in [3.63, 3.8) is 0 Å². The first kappa shape index (κ1) is 14.4. The van der Waals surface area contributed by atoms with Crippen molar-refractivity contribution >= 4 is 5.91 Å². The van der Waals surface area contributed by atoms with Crippen molar-refractivity contribution in [1.29, 1.82) is 0 Å². The standard InChI is InChI=1S/C12H26N2O/c1-4-11(5-2)12(15)14-8-6-7-10(3)9-13/h10-11H,4-9,13H2,1-3H3,(H,14,15). The number of amides is 1. The van der Waals surface area contributed by atoms with E-state index in [1.54, 1.807) is 0 Å². The highest BCUT2D eigenvalue weighted by Gasteiger charge is 2.12. The summed E-state index contributed by atoms with van der Waals surface area (Å²) in [6, 6.07) is 0. The first-order chi connectivity index (χ1) is 7.15. The zero-order valence-corrected chi connectivity index (χ0v) is 10.4. The third-order valence-corrected chi connectivity index (χ3v) is 2.93. The fourth-order valence-electron chi connectivity index (χ4n) is 1.58. The molecule has 90 valence electrons. The molecule has 0 aliphatic carbocycles. The Morgan fingerprint density at radius 2 is 1.93 bits per heavy atom. The maximum atomic E-state index is 11.6. The minimum atomic E-state index is 0.192. The average Bonchev–Trinajstić information content (AvgIpc) is 2.25. The molecular formula is C12H26N2O. The molecule has 3 nitrogen and oxygen atoms in total. The Morgan fingerprint density at radius 3 is 2.40 bits per heavy atom. The molecule has 0 bridgehead atoms. The number of carbonyl (C=O) groups excluding carboxylic acids is 1. The van der Waals surface area contributed by atoms with Crippen molar-refractivity contribution in [1.82, 2.24) is 5.32 Å². The van der Waals surface area contributed by atoms with Crippen LogP contribution in [0.5, 0.6) is 0 Å². The van der Waals surface area contributed by atoms with Gasteiger partial charge < -0.3 is 11.1 Å². The normalized spacial score (nSPS) is 12.9.